The van der Waals surface area contributed by atoms with Gasteiger partial charge >= 0.3 is 0 Å². The van der Waals surface area contributed by atoms with Crippen molar-refractivity contribution in [2.75, 3.05) is 7.11 Å². The van der Waals surface area contributed by atoms with Crippen molar-refractivity contribution in [1.29, 1.82) is 0 Å². The van der Waals surface area contributed by atoms with Gasteiger partial charge in [0.2, 0.25) is 0 Å². The molecule has 0 aromatic carbocycles. The molecule has 0 radical (unpaired) electrons. The van der Waals surface area contributed by atoms with E-state index in [2.05, 4.69) is 27.7 Å². The van der Waals surface area contributed by atoms with Gasteiger partial charge in [-0.15, -0.1) is 0 Å². The summed E-state index contributed by atoms with van der Waals surface area (Å²) >= 11 is 0. The van der Waals surface area contributed by atoms with Crippen molar-refractivity contribution in [3.63, 3.8) is 0 Å². The van der Waals surface area contributed by atoms with Gasteiger partial charge in [0, 0.05) is 13.0 Å². The van der Waals surface area contributed by atoms with E-state index in [0.717, 1.165) is 37.9 Å². The molecule has 0 aromatic heterocycles. The van der Waals surface area contributed by atoms with Crippen molar-refractivity contribution in [1.82, 2.24) is 0 Å². The van der Waals surface area contributed by atoms with E-state index in [4.69, 9.17) is 4.74 Å². The van der Waals surface area contributed by atoms with Crippen LogP contribution in [0.4, 0.5) is 0 Å². The highest BCUT2D eigenvalue weighted by Gasteiger charge is 2.25. The Hall–Kier alpha value is -0.370. The fourth-order valence-corrected chi connectivity index (χ4v) is 2.87. The van der Waals surface area contributed by atoms with Gasteiger partial charge < -0.3 is 9.53 Å². The lowest BCUT2D eigenvalue weighted by Crippen LogP contribution is -2.30. The van der Waals surface area contributed by atoms with Gasteiger partial charge in [-0.2, -0.15) is 0 Å². The van der Waals surface area contributed by atoms with E-state index in [0.29, 0.717) is 5.92 Å². The first-order valence-electron chi connectivity index (χ1n) is 8.04. The van der Waals surface area contributed by atoms with Crippen LogP contribution in [0.25, 0.3) is 0 Å². The molecular formula is C17H34O2. The number of unbranched alkanes of at least 4 members (excludes halogenated alkanes) is 2. The molecule has 0 aliphatic rings. The SMILES string of the molecule is CCCC(C)C(OC)C(C=O)CCCCCC(C)C. The average molecular weight is 270 g/mol. The summed E-state index contributed by atoms with van der Waals surface area (Å²) in [7, 11) is 1.74. The Labute approximate surface area is 120 Å². The Bertz CT molecular complexity index is 213. The van der Waals surface area contributed by atoms with E-state index in [-0.39, 0.29) is 12.0 Å². The minimum absolute atomic E-state index is 0.0746. The monoisotopic (exact) mass is 270 g/mol. The van der Waals surface area contributed by atoms with Crippen LogP contribution in [-0.4, -0.2) is 19.5 Å². The molecule has 0 spiro atoms. The van der Waals surface area contributed by atoms with Gasteiger partial charge in [-0.3, -0.25) is 0 Å². The summed E-state index contributed by atoms with van der Waals surface area (Å²) in [5.74, 6) is 1.34. The van der Waals surface area contributed by atoms with Crippen molar-refractivity contribution in [2.24, 2.45) is 17.8 Å². The Morgan fingerprint density at radius 3 is 2.11 bits per heavy atom. The lowest BCUT2D eigenvalue weighted by Gasteiger charge is -2.27. The number of hydrogen-bond donors (Lipinski definition) is 0. The molecule has 2 nitrogen and oxygen atoms in total. The average Bonchev–Trinajstić information content (AvgIpc) is 2.37. The lowest BCUT2D eigenvalue weighted by molar-refractivity contribution is -0.117. The van der Waals surface area contributed by atoms with E-state index >= 15 is 0 Å². The second kappa shape index (κ2) is 11.5. The molecule has 0 aliphatic heterocycles. The van der Waals surface area contributed by atoms with Crippen molar-refractivity contribution in [2.45, 2.75) is 78.7 Å². The molecule has 0 saturated carbocycles. The van der Waals surface area contributed by atoms with Crippen molar-refractivity contribution in [3.05, 3.63) is 0 Å². The number of carbonyl (C=O) groups excluding carboxylic acids is 1. The molecular weight excluding hydrogens is 236 g/mol. The Kier molecular flexibility index (Phi) is 11.2. The Balaban J connectivity index is 4.05. The molecule has 0 amide bonds. The summed E-state index contributed by atoms with van der Waals surface area (Å²) in [6, 6.07) is 0. The van der Waals surface area contributed by atoms with Crippen LogP contribution in [0, 0.1) is 17.8 Å². The molecule has 3 unspecified atom stereocenters. The van der Waals surface area contributed by atoms with E-state index in [1.54, 1.807) is 7.11 Å². The highest BCUT2D eigenvalue weighted by Crippen LogP contribution is 2.24. The largest absolute Gasteiger partial charge is 0.380 e. The number of hydrogen-bond acceptors (Lipinski definition) is 2. The molecule has 0 fully saturated rings. The third-order valence-electron chi connectivity index (χ3n) is 3.99. The van der Waals surface area contributed by atoms with Gasteiger partial charge in [-0.05, 0) is 24.7 Å². The number of rotatable bonds is 12. The predicted molar refractivity (Wildman–Crippen MR) is 82.3 cm³/mol. The molecule has 0 rings (SSSR count). The summed E-state index contributed by atoms with van der Waals surface area (Å²) < 4.78 is 5.58. The van der Waals surface area contributed by atoms with E-state index < -0.39 is 0 Å². The molecule has 2 heteroatoms. The predicted octanol–water partition coefficient (Wildman–Crippen LogP) is 4.86. The minimum Gasteiger partial charge on any atom is -0.380 e. The fourth-order valence-electron chi connectivity index (χ4n) is 2.87. The van der Waals surface area contributed by atoms with Gasteiger partial charge in [0.25, 0.3) is 0 Å². The minimum atomic E-state index is 0.0746. The number of carbonyl (C=O) groups is 1. The van der Waals surface area contributed by atoms with Gasteiger partial charge in [0.05, 0.1) is 6.10 Å². The third-order valence-corrected chi connectivity index (χ3v) is 3.99. The molecule has 114 valence electrons. The van der Waals surface area contributed by atoms with Crippen LogP contribution in [0.1, 0.15) is 72.6 Å². The van der Waals surface area contributed by atoms with Crippen LogP contribution in [0.15, 0.2) is 0 Å². The van der Waals surface area contributed by atoms with E-state index in [9.17, 15) is 4.79 Å². The molecule has 0 aliphatic carbocycles. The summed E-state index contributed by atoms with van der Waals surface area (Å²) in [4.78, 5) is 11.3. The zero-order valence-electron chi connectivity index (χ0n) is 13.7. The number of aldehydes is 1. The molecule has 0 saturated heterocycles. The third kappa shape index (κ3) is 8.41. The second-order valence-corrected chi connectivity index (χ2v) is 6.30. The molecule has 0 N–H and O–H groups in total. The second-order valence-electron chi connectivity index (χ2n) is 6.30. The first-order chi connectivity index (χ1) is 9.06. The zero-order valence-corrected chi connectivity index (χ0v) is 13.7. The van der Waals surface area contributed by atoms with Crippen molar-refractivity contribution < 1.29 is 9.53 Å². The van der Waals surface area contributed by atoms with Crippen molar-refractivity contribution >= 4 is 6.29 Å². The number of ether oxygens (including phenoxy) is 1. The topological polar surface area (TPSA) is 26.3 Å². The Morgan fingerprint density at radius 1 is 1.00 bits per heavy atom. The molecule has 0 aromatic rings. The molecule has 0 bridgehead atoms. The van der Waals surface area contributed by atoms with E-state index in [1.807, 2.05) is 0 Å². The van der Waals surface area contributed by atoms with Crippen LogP contribution in [0.5, 0.6) is 0 Å². The van der Waals surface area contributed by atoms with Crippen LogP contribution < -0.4 is 0 Å². The van der Waals surface area contributed by atoms with Crippen LogP contribution in [0.2, 0.25) is 0 Å². The smallest absolute Gasteiger partial charge is 0.125 e. The lowest BCUT2D eigenvalue weighted by atomic mass is 9.86. The maximum atomic E-state index is 11.3. The zero-order chi connectivity index (χ0) is 14.7. The van der Waals surface area contributed by atoms with Gasteiger partial charge in [0.1, 0.15) is 6.29 Å². The molecule has 0 heterocycles. The van der Waals surface area contributed by atoms with Crippen molar-refractivity contribution in [3.8, 4) is 0 Å². The summed E-state index contributed by atoms with van der Waals surface area (Å²) in [5, 5.41) is 0. The quantitative estimate of drug-likeness (QED) is 0.374. The fraction of sp³-hybridized carbons (Fsp3) is 0.941. The van der Waals surface area contributed by atoms with Crippen LogP contribution in [-0.2, 0) is 9.53 Å². The summed E-state index contributed by atoms with van der Waals surface area (Å²) in [6.07, 6.45) is 9.45. The van der Waals surface area contributed by atoms with Gasteiger partial charge in [0.15, 0.2) is 0 Å². The molecule has 3 atom stereocenters. The first kappa shape index (κ1) is 18.6. The Morgan fingerprint density at radius 2 is 1.63 bits per heavy atom. The van der Waals surface area contributed by atoms with Crippen LogP contribution in [0.3, 0.4) is 0 Å². The van der Waals surface area contributed by atoms with Crippen LogP contribution >= 0.6 is 0 Å². The maximum absolute atomic E-state index is 11.3. The van der Waals surface area contributed by atoms with Gasteiger partial charge in [-0.25, -0.2) is 0 Å². The number of methoxy groups -OCH3 is 1. The maximum Gasteiger partial charge on any atom is 0.125 e. The first-order valence-corrected chi connectivity index (χ1v) is 8.04. The summed E-state index contributed by atoms with van der Waals surface area (Å²) in [5.41, 5.74) is 0. The molecule has 19 heavy (non-hydrogen) atoms. The highest BCUT2D eigenvalue weighted by atomic mass is 16.5. The highest BCUT2D eigenvalue weighted by molar-refractivity contribution is 5.54. The summed E-state index contributed by atoms with van der Waals surface area (Å²) in [6.45, 7) is 8.92. The van der Waals surface area contributed by atoms with E-state index in [1.165, 1.54) is 19.3 Å². The normalized spacial score (nSPS) is 16.3. The standard InChI is InChI=1S/C17H34O2/c1-6-10-15(4)17(19-5)16(13-18)12-9-7-8-11-14(2)3/h13-17H,6-12H2,1-5H3. The van der Waals surface area contributed by atoms with Gasteiger partial charge in [-0.1, -0.05) is 59.8 Å².